The molecule has 32 heavy (non-hydrogen) atoms. The Labute approximate surface area is 187 Å². The third-order valence-electron chi connectivity index (χ3n) is 4.05. The summed E-state index contributed by atoms with van der Waals surface area (Å²) in [5, 5.41) is 2.45. The molecule has 0 atom stereocenters. The molecule has 7 nitrogen and oxygen atoms in total. The molecular weight excluding hydrogens is 466 g/mol. The lowest BCUT2D eigenvalue weighted by Gasteiger charge is -2.08. The van der Waals surface area contributed by atoms with Crippen molar-refractivity contribution in [1.82, 2.24) is 4.72 Å². The van der Waals surface area contributed by atoms with Gasteiger partial charge in [-0.25, -0.2) is 13.1 Å². The molecule has 0 aliphatic heterocycles. The van der Waals surface area contributed by atoms with Crippen LogP contribution in [-0.4, -0.2) is 20.9 Å². The molecule has 0 bridgehead atoms. The summed E-state index contributed by atoms with van der Waals surface area (Å²) in [6.45, 7) is -2.99. The van der Waals surface area contributed by atoms with Crippen molar-refractivity contribution in [3.63, 3.8) is 0 Å². The van der Waals surface area contributed by atoms with Crippen LogP contribution in [0.3, 0.4) is 0 Å². The number of anilines is 1. The van der Waals surface area contributed by atoms with E-state index in [-0.39, 0.29) is 27.9 Å². The minimum atomic E-state index is -3.72. The van der Waals surface area contributed by atoms with Crippen LogP contribution in [0.5, 0.6) is 5.75 Å². The van der Waals surface area contributed by atoms with Crippen molar-refractivity contribution < 1.29 is 31.1 Å². The zero-order valence-corrected chi connectivity index (χ0v) is 17.9. The molecule has 1 aromatic heterocycles. The molecule has 0 unspecified atom stereocenters. The Hall–Kier alpha value is -3.21. The number of ether oxygens (including phenoxy) is 1. The third kappa shape index (κ3) is 6.64. The fraction of sp³-hybridized carbons (Fsp3) is 0.0952. The van der Waals surface area contributed by atoms with Crippen LogP contribution in [0, 0.1) is 0 Å². The van der Waals surface area contributed by atoms with Crippen LogP contribution in [0.2, 0.25) is 5.02 Å². The summed E-state index contributed by atoms with van der Waals surface area (Å²) in [4.78, 5) is 12.1. The van der Waals surface area contributed by atoms with Gasteiger partial charge in [0.1, 0.15) is 11.5 Å². The van der Waals surface area contributed by atoms with Gasteiger partial charge < -0.3 is 14.5 Å². The predicted molar refractivity (Wildman–Crippen MR) is 115 cm³/mol. The summed E-state index contributed by atoms with van der Waals surface area (Å²) in [7, 11) is -3.72. The van der Waals surface area contributed by atoms with E-state index in [1.807, 2.05) is 0 Å². The number of rotatable bonds is 9. The lowest BCUT2D eigenvalue weighted by molar-refractivity contribution is -0.111. The van der Waals surface area contributed by atoms with E-state index in [1.54, 1.807) is 24.3 Å². The van der Waals surface area contributed by atoms with Gasteiger partial charge in [0.15, 0.2) is 0 Å². The highest BCUT2D eigenvalue weighted by atomic mass is 35.5. The number of nitrogens with one attached hydrogen (secondary N) is 2. The molecule has 0 aliphatic rings. The first-order valence-corrected chi connectivity index (χ1v) is 10.9. The number of hydrogen-bond acceptors (Lipinski definition) is 5. The Balaban J connectivity index is 1.58. The van der Waals surface area contributed by atoms with Crippen molar-refractivity contribution in [2.24, 2.45) is 0 Å². The predicted octanol–water partition coefficient (Wildman–Crippen LogP) is 4.66. The average Bonchev–Trinajstić information content (AvgIpc) is 3.27. The van der Waals surface area contributed by atoms with Crippen LogP contribution in [-0.2, 0) is 21.4 Å². The van der Waals surface area contributed by atoms with Crippen molar-refractivity contribution in [2.45, 2.75) is 18.1 Å². The highest BCUT2D eigenvalue weighted by Gasteiger charge is 2.14. The van der Waals surface area contributed by atoms with E-state index in [0.717, 1.165) is 0 Å². The number of carbonyl (C=O) groups excluding carboxylic acids is 1. The van der Waals surface area contributed by atoms with Gasteiger partial charge in [-0.2, -0.15) is 8.78 Å². The van der Waals surface area contributed by atoms with E-state index in [1.165, 1.54) is 48.7 Å². The van der Waals surface area contributed by atoms with E-state index in [2.05, 4.69) is 14.8 Å². The van der Waals surface area contributed by atoms with Crippen LogP contribution in [0.4, 0.5) is 14.5 Å². The van der Waals surface area contributed by atoms with Gasteiger partial charge in [0, 0.05) is 11.8 Å². The van der Waals surface area contributed by atoms with Gasteiger partial charge in [0.2, 0.25) is 15.9 Å². The highest BCUT2D eigenvalue weighted by molar-refractivity contribution is 7.89. The first-order chi connectivity index (χ1) is 15.2. The fourth-order valence-electron chi connectivity index (χ4n) is 2.55. The number of alkyl halides is 2. The van der Waals surface area contributed by atoms with Gasteiger partial charge >= 0.3 is 6.61 Å². The maximum Gasteiger partial charge on any atom is 0.387 e. The first-order valence-electron chi connectivity index (χ1n) is 9.08. The van der Waals surface area contributed by atoms with Gasteiger partial charge in [-0.15, -0.1) is 0 Å². The molecule has 0 spiro atoms. The summed E-state index contributed by atoms with van der Waals surface area (Å²) in [5.74, 6) is -0.221. The van der Waals surface area contributed by atoms with Crippen LogP contribution in [0.15, 0.2) is 76.2 Å². The zero-order chi connectivity index (χ0) is 23.1. The summed E-state index contributed by atoms with van der Waals surface area (Å²) in [6.07, 6.45) is 4.17. The molecule has 11 heteroatoms. The second-order valence-corrected chi connectivity index (χ2v) is 8.49. The van der Waals surface area contributed by atoms with E-state index < -0.39 is 22.5 Å². The summed E-state index contributed by atoms with van der Waals surface area (Å²) in [6, 6.07) is 13.1. The van der Waals surface area contributed by atoms with Crippen LogP contribution >= 0.6 is 11.6 Å². The number of amides is 1. The summed E-state index contributed by atoms with van der Waals surface area (Å²) >= 11 is 5.85. The Morgan fingerprint density at radius 2 is 1.91 bits per heavy atom. The van der Waals surface area contributed by atoms with Crippen molar-refractivity contribution in [3.8, 4) is 5.75 Å². The smallest absolute Gasteiger partial charge is 0.387 e. The number of benzene rings is 2. The molecule has 2 aromatic carbocycles. The maximum atomic E-state index is 12.3. The van der Waals surface area contributed by atoms with Crippen molar-refractivity contribution in [3.05, 3.63) is 83.3 Å². The number of halogens is 3. The van der Waals surface area contributed by atoms with Gasteiger partial charge in [-0.3, -0.25) is 4.79 Å². The second kappa shape index (κ2) is 10.4. The summed E-state index contributed by atoms with van der Waals surface area (Å²) in [5.41, 5.74) is 0.874. The van der Waals surface area contributed by atoms with Crippen molar-refractivity contribution in [2.75, 3.05) is 5.32 Å². The lowest BCUT2D eigenvalue weighted by Crippen LogP contribution is -2.22. The van der Waals surface area contributed by atoms with E-state index in [9.17, 15) is 22.0 Å². The zero-order valence-electron chi connectivity index (χ0n) is 16.3. The minimum absolute atomic E-state index is 0.0242. The number of sulfonamides is 1. The van der Waals surface area contributed by atoms with E-state index in [4.69, 9.17) is 16.0 Å². The number of furan rings is 1. The molecule has 1 amide bonds. The molecule has 3 aromatic rings. The number of carbonyl (C=O) groups is 1. The molecule has 0 aliphatic carbocycles. The number of hydrogen-bond donors (Lipinski definition) is 2. The minimum Gasteiger partial charge on any atom is -0.468 e. The molecule has 0 fully saturated rings. The first kappa shape index (κ1) is 23.5. The second-order valence-electron chi connectivity index (χ2n) is 6.32. The molecular formula is C21H17ClF2N2O5S. The van der Waals surface area contributed by atoms with Crippen LogP contribution in [0.25, 0.3) is 6.08 Å². The molecule has 2 N–H and O–H groups in total. The monoisotopic (exact) mass is 482 g/mol. The Bertz CT molecular complexity index is 1200. The lowest BCUT2D eigenvalue weighted by atomic mass is 10.2. The average molecular weight is 483 g/mol. The Morgan fingerprint density at radius 1 is 1.16 bits per heavy atom. The highest BCUT2D eigenvalue weighted by Crippen LogP contribution is 2.29. The third-order valence-corrected chi connectivity index (χ3v) is 5.76. The van der Waals surface area contributed by atoms with Gasteiger partial charge in [-0.1, -0.05) is 23.7 Å². The molecule has 1 heterocycles. The van der Waals surface area contributed by atoms with Crippen molar-refractivity contribution >= 4 is 39.3 Å². The molecule has 0 radical (unpaired) electrons. The SMILES string of the molecule is O=C(/C=C/c1ccc(S(=O)(=O)NCc2ccco2)cc1)Nc1ccc(OC(F)F)c(Cl)c1. The Morgan fingerprint density at radius 3 is 2.53 bits per heavy atom. The van der Waals surface area contributed by atoms with Gasteiger partial charge in [0.25, 0.3) is 0 Å². The van der Waals surface area contributed by atoms with E-state index >= 15 is 0 Å². The Kier molecular flexibility index (Phi) is 7.62. The molecule has 0 saturated carbocycles. The van der Waals surface area contributed by atoms with Crippen LogP contribution in [0.1, 0.15) is 11.3 Å². The van der Waals surface area contributed by atoms with Gasteiger partial charge in [-0.05, 0) is 54.1 Å². The normalized spacial score (nSPS) is 11.8. The van der Waals surface area contributed by atoms with Crippen LogP contribution < -0.4 is 14.8 Å². The van der Waals surface area contributed by atoms with Gasteiger partial charge in [0.05, 0.1) is 22.7 Å². The quantitative estimate of drug-likeness (QED) is 0.432. The maximum absolute atomic E-state index is 12.3. The molecule has 0 saturated heterocycles. The fourth-order valence-corrected chi connectivity index (χ4v) is 3.77. The largest absolute Gasteiger partial charge is 0.468 e. The topological polar surface area (TPSA) is 97.6 Å². The molecule has 168 valence electrons. The standard InChI is InChI=1S/C21H17ClF2N2O5S/c22-18-12-15(6-9-19(18)31-21(23)24)26-20(27)10-5-14-3-7-17(8-4-14)32(28,29)25-13-16-2-1-11-30-16/h1-12,21,25H,13H2,(H,26,27)/b10-5+. The van der Waals surface area contributed by atoms with Crippen molar-refractivity contribution in [1.29, 1.82) is 0 Å². The van der Waals surface area contributed by atoms with E-state index in [0.29, 0.717) is 11.3 Å². The summed E-state index contributed by atoms with van der Waals surface area (Å²) < 4.78 is 60.9. The molecule has 3 rings (SSSR count).